The van der Waals surface area contributed by atoms with Crippen molar-refractivity contribution >= 4 is 114 Å². The molecule has 0 unspecified atom stereocenters. The Morgan fingerprint density at radius 3 is 1.03 bits per heavy atom. The Morgan fingerprint density at radius 1 is 0.300 bits per heavy atom. The van der Waals surface area contributed by atoms with Gasteiger partial charge in [-0.1, -0.05) is 48.5 Å². The second kappa shape index (κ2) is 15.4. The van der Waals surface area contributed by atoms with Gasteiger partial charge in [0.05, 0.1) is 45.6 Å². The number of H-pyrrole nitrogens is 4. The lowest BCUT2D eigenvalue weighted by Crippen LogP contribution is -1.94. The Balaban J connectivity index is 1.07. The predicted molar refractivity (Wildman–Crippen MR) is 286 cm³/mol. The summed E-state index contributed by atoms with van der Waals surface area (Å²) in [6.07, 6.45) is 15.9. The van der Waals surface area contributed by atoms with Crippen LogP contribution in [0.5, 0.6) is 11.5 Å². The largest absolute Gasteiger partial charge is 0.507 e. The van der Waals surface area contributed by atoms with Crippen LogP contribution in [0, 0.1) is 0 Å². The van der Waals surface area contributed by atoms with Crippen molar-refractivity contribution < 1.29 is 10.2 Å². The quantitative estimate of drug-likeness (QED) is 0.104. The number of aromatic nitrogens is 8. The fraction of sp³-hybridized carbons (Fsp3) is 0. The first-order chi connectivity index (χ1) is 34.4. The molecule has 10 heterocycles. The van der Waals surface area contributed by atoms with Gasteiger partial charge in [0.15, 0.2) is 0 Å². The van der Waals surface area contributed by atoms with Gasteiger partial charge in [-0.3, -0.25) is 0 Å². The van der Waals surface area contributed by atoms with E-state index >= 15 is 0 Å². The molecule has 10 aromatic rings. The van der Waals surface area contributed by atoms with Crippen LogP contribution in [0.1, 0.15) is 45.6 Å². The molecule has 10 nitrogen and oxygen atoms in total. The predicted octanol–water partition coefficient (Wildman–Crippen LogP) is 14.3. The highest BCUT2D eigenvalue weighted by atomic mass is 16.3. The van der Waals surface area contributed by atoms with E-state index in [9.17, 15) is 10.2 Å². The highest BCUT2D eigenvalue weighted by Gasteiger charge is 2.26. The minimum Gasteiger partial charge on any atom is -0.507 e. The Morgan fingerprint density at radius 2 is 0.629 bits per heavy atom. The van der Waals surface area contributed by atoms with Crippen molar-refractivity contribution in [2.75, 3.05) is 0 Å². The van der Waals surface area contributed by atoms with Crippen LogP contribution in [0.2, 0.25) is 0 Å². The lowest BCUT2D eigenvalue weighted by atomic mass is 9.86. The van der Waals surface area contributed by atoms with Crippen LogP contribution in [0.25, 0.3) is 148 Å². The maximum absolute atomic E-state index is 13.3. The van der Waals surface area contributed by atoms with Gasteiger partial charge in [0.1, 0.15) is 11.5 Å². The zero-order valence-corrected chi connectivity index (χ0v) is 37.2. The lowest BCUT2D eigenvalue weighted by Gasteiger charge is -2.20. The molecule has 0 fully saturated rings. The maximum atomic E-state index is 13.3. The summed E-state index contributed by atoms with van der Waals surface area (Å²) in [6.45, 7) is 0. The van der Waals surface area contributed by atoms with E-state index in [4.69, 9.17) is 19.9 Å². The van der Waals surface area contributed by atoms with Gasteiger partial charge in [0.25, 0.3) is 0 Å². The van der Waals surface area contributed by atoms with Crippen molar-refractivity contribution in [2.24, 2.45) is 0 Å². The molecule has 0 atom stereocenters. The van der Waals surface area contributed by atoms with Crippen molar-refractivity contribution in [1.82, 2.24) is 39.9 Å². The minimum absolute atomic E-state index is 0.00606. The number of rotatable bonds is 3. The van der Waals surface area contributed by atoms with E-state index in [0.717, 1.165) is 99.8 Å². The number of phenolic OH excluding ortho intramolecular Hbond substituents is 2. The van der Waals surface area contributed by atoms with E-state index in [1.54, 1.807) is 0 Å². The standard InChI is InChI=1S/C60H38N8O2/c69-59-49(55-51-21-17-43(65-51)29-39-13-9-35(61-39)27-36-10-14-40(62-36)30-44-18-22-52(55)66-44)25-33-5-1-3-7-47(33)57(59)58-48-8-4-2-6-34(48)26-50(60(58)70)56-53-23-19-45(67-53)31-41-15-11-37(63-41)28-38-12-16-42(64-38)32-46-20-24-54(56)68-46/h1-32,61,63,66,68-70H. The number of hydrogen-bond acceptors (Lipinski definition) is 6. The van der Waals surface area contributed by atoms with Crippen molar-refractivity contribution in [3.63, 3.8) is 0 Å². The molecule has 0 aliphatic carbocycles. The van der Waals surface area contributed by atoms with Gasteiger partial charge in [0, 0.05) is 77.5 Å². The third-order valence-corrected chi connectivity index (χ3v) is 13.3. The number of aromatic hydroxyl groups is 2. The van der Waals surface area contributed by atoms with Crippen LogP contribution >= 0.6 is 0 Å². The third kappa shape index (κ3) is 6.73. The van der Waals surface area contributed by atoms with Crippen LogP contribution in [0.4, 0.5) is 0 Å². The SMILES string of the molecule is Oc1c(-c2c3nc(cc4ccc(cc5nc(cc6ccc2[nH]6)C=C5)[nH]4)C=C3)cc2ccccc2c1-c1c(O)c(-c2c3nc(cc4ccc(cc5nc(cc6ccc2[nH]6)C=C5)[nH]4)C=C3)cc2ccccc12. The number of nitrogens with one attached hydrogen (secondary N) is 4. The van der Waals surface area contributed by atoms with E-state index in [0.29, 0.717) is 44.8 Å². The fourth-order valence-corrected chi connectivity index (χ4v) is 10.1. The summed E-state index contributed by atoms with van der Waals surface area (Å²) >= 11 is 0. The molecule has 6 aromatic heterocycles. The molecule has 0 amide bonds. The molecule has 6 N–H and O–H groups in total. The molecule has 10 heteroatoms. The smallest absolute Gasteiger partial charge is 0.132 e. The minimum atomic E-state index is -0.00606. The van der Waals surface area contributed by atoms with Crippen LogP contribution in [0.3, 0.4) is 0 Å². The van der Waals surface area contributed by atoms with Crippen molar-refractivity contribution in [3.05, 3.63) is 191 Å². The fourth-order valence-electron chi connectivity index (χ4n) is 10.1. The Labute approximate surface area is 398 Å². The molecule has 4 aliphatic rings. The molecule has 330 valence electrons. The topological polar surface area (TPSA) is 155 Å². The average molecular weight is 903 g/mol. The van der Waals surface area contributed by atoms with Crippen LogP contribution in [0.15, 0.2) is 146 Å². The first kappa shape index (κ1) is 39.4. The molecule has 14 rings (SSSR count). The molecule has 4 aliphatic heterocycles. The number of benzene rings is 4. The average Bonchev–Trinajstić information content (AvgIpc) is 4.22. The van der Waals surface area contributed by atoms with Crippen molar-refractivity contribution in [2.45, 2.75) is 0 Å². The summed E-state index contributed by atoms with van der Waals surface area (Å²) < 4.78 is 0. The molecular weight excluding hydrogens is 865 g/mol. The number of fused-ring (bicyclic) bond motifs is 18. The van der Waals surface area contributed by atoms with Gasteiger partial charge >= 0.3 is 0 Å². The van der Waals surface area contributed by atoms with Gasteiger partial charge in [0.2, 0.25) is 0 Å². The summed E-state index contributed by atoms with van der Waals surface area (Å²) in [5, 5.41) is 29.8. The van der Waals surface area contributed by atoms with E-state index in [2.05, 4.69) is 19.9 Å². The van der Waals surface area contributed by atoms with E-state index in [1.165, 1.54) is 0 Å². The third-order valence-electron chi connectivity index (χ3n) is 13.3. The molecule has 70 heavy (non-hydrogen) atoms. The monoisotopic (exact) mass is 902 g/mol. The van der Waals surface area contributed by atoms with Crippen molar-refractivity contribution in [3.8, 4) is 44.9 Å². The zero-order valence-electron chi connectivity index (χ0n) is 37.2. The lowest BCUT2D eigenvalue weighted by molar-refractivity contribution is 0.472. The van der Waals surface area contributed by atoms with Gasteiger partial charge in [-0.2, -0.15) is 0 Å². The number of nitrogens with zero attached hydrogens (tertiary/aromatic N) is 4. The second-order valence-electron chi connectivity index (χ2n) is 17.8. The summed E-state index contributed by atoms with van der Waals surface area (Å²) in [5.41, 5.74) is 16.4. The Bertz CT molecular complexity index is 4120. The summed E-state index contributed by atoms with van der Waals surface area (Å²) in [5.74, 6) is -0.0121. The summed E-state index contributed by atoms with van der Waals surface area (Å²) in [7, 11) is 0. The zero-order chi connectivity index (χ0) is 46.5. The van der Waals surface area contributed by atoms with Crippen LogP contribution in [-0.2, 0) is 0 Å². The van der Waals surface area contributed by atoms with Gasteiger partial charge in [-0.15, -0.1) is 0 Å². The number of phenols is 2. The molecule has 4 aromatic carbocycles. The highest BCUT2D eigenvalue weighted by molar-refractivity contribution is 6.15. The molecule has 0 saturated carbocycles. The van der Waals surface area contributed by atoms with Gasteiger partial charge in [-0.05, 0) is 167 Å². The van der Waals surface area contributed by atoms with Gasteiger partial charge in [-0.25, -0.2) is 19.9 Å². The molecule has 0 spiro atoms. The Kier molecular flexibility index (Phi) is 8.65. The van der Waals surface area contributed by atoms with Gasteiger partial charge < -0.3 is 30.1 Å². The van der Waals surface area contributed by atoms with E-state index in [1.807, 2.05) is 194 Å². The Hall–Kier alpha value is -9.80. The molecular formula is C60H38N8O2. The van der Waals surface area contributed by atoms with E-state index in [-0.39, 0.29) is 11.5 Å². The number of aromatic amines is 4. The van der Waals surface area contributed by atoms with Crippen LogP contribution in [-0.4, -0.2) is 50.1 Å². The van der Waals surface area contributed by atoms with E-state index < -0.39 is 0 Å². The van der Waals surface area contributed by atoms with Crippen LogP contribution < -0.4 is 0 Å². The summed E-state index contributed by atoms with van der Waals surface area (Å²) in [6, 6.07) is 48.2. The second-order valence-corrected chi connectivity index (χ2v) is 17.8. The van der Waals surface area contributed by atoms with Crippen molar-refractivity contribution in [1.29, 1.82) is 0 Å². The summed E-state index contributed by atoms with van der Waals surface area (Å²) in [4.78, 5) is 34.3. The molecule has 0 saturated heterocycles. The first-order valence-corrected chi connectivity index (χ1v) is 23.0. The number of hydrogen-bond donors (Lipinski definition) is 6. The first-order valence-electron chi connectivity index (χ1n) is 23.0. The maximum Gasteiger partial charge on any atom is 0.132 e. The normalized spacial score (nSPS) is 12.7. The highest BCUT2D eigenvalue weighted by Crippen LogP contribution is 2.53. The molecule has 0 radical (unpaired) electrons. The molecule has 16 bridgehead atoms.